The van der Waals surface area contributed by atoms with E-state index in [1.807, 2.05) is 6.07 Å². The fourth-order valence-electron chi connectivity index (χ4n) is 2.52. The van der Waals surface area contributed by atoms with Gasteiger partial charge in [-0.3, -0.25) is 0 Å². The maximum Gasteiger partial charge on any atom is 0.181 e. The Morgan fingerprint density at radius 2 is 2.14 bits per heavy atom. The number of hydrogen-bond acceptors (Lipinski definition) is 6. The van der Waals surface area contributed by atoms with Crippen LogP contribution in [0.2, 0.25) is 0 Å². The topological polar surface area (TPSA) is 91.1 Å². The van der Waals surface area contributed by atoms with E-state index in [-0.39, 0.29) is 0 Å². The maximum absolute atomic E-state index is 9.34. The number of fused-ring (bicyclic) bond motifs is 2. The van der Waals surface area contributed by atoms with E-state index in [9.17, 15) is 5.26 Å². The molecular weight excluding hydrogens is 284 g/mol. The van der Waals surface area contributed by atoms with E-state index < -0.39 is 0 Å². The van der Waals surface area contributed by atoms with E-state index in [1.54, 1.807) is 6.33 Å². The highest BCUT2D eigenvalue weighted by atomic mass is 32.2. The van der Waals surface area contributed by atoms with Gasteiger partial charge in [0, 0.05) is 5.69 Å². The number of rotatable bonds is 2. The van der Waals surface area contributed by atoms with Crippen LogP contribution < -0.4 is 0 Å². The van der Waals surface area contributed by atoms with Crippen LogP contribution in [0.15, 0.2) is 28.8 Å². The smallest absolute Gasteiger partial charge is 0.181 e. The molecule has 0 spiro atoms. The molecule has 7 heteroatoms. The molecule has 4 rings (SSSR count). The lowest BCUT2D eigenvalue weighted by Gasteiger charge is -2.06. The Labute approximate surface area is 124 Å². The van der Waals surface area contributed by atoms with Gasteiger partial charge in [0.25, 0.3) is 0 Å². The molecule has 0 radical (unpaired) electrons. The summed E-state index contributed by atoms with van der Waals surface area (Å²) >= 11 is 1.38. The van der Waals surface area contributed by atoms with Gasteiger partial charge in [0.15, 0.2) is 5.65 Å². The van der Waals surface area contributed by atoms with Gasteiger partial charge in [-0.15, -0.1) is 0 Å². The lowest BCUT2D eigenvalue weighted by molar-refractivity contribution is 0.890. The Morgan fingerprint density at radius 1 is 1.19 bits per heavy atom. The monoisotopic (exact) mass is 294 g/mol. The zero-order valence-corrected chi connectivity index (χ0v) is 11.8. The molecule has 0 bridgehead atoms. The molecule has 0 saturated carbocycles. The quantitative estimate of drug-likeness (QED) is 0.729. The first kappa shape index (κ1) is 12.3. The van der Waals surface area contributed by atoms with Crippen LogP contribution in [-0.4, -0.2) is 24.9 Å². The van der Waals surface area contributed by atoms with Crippen molar-refractivity contribution in [3.8, 4) is 6.07 Å². The van der Waals surface area contributed by atoms with Crippen molar-refractivity contribution >= 4 is 22.9 Å². The number of aromatic amines is 1. The van der Waals surface area contributed by atoms with E-state index in [1.165, 1.54) is 23.7 Å². The Kier molecular flexibility index (Phi) is 2.82. The van der Waals surface area contributed by atoms with Crippen LogP contribution >= 0.6 is 11.8 Å². The van der Waals surface area contributed by atoms with Crippen LogP contribution in [0.25, 0.3) is 11.2 Å². The summed E-state index contributed by atoms with van der Waals surface area (Å²) in [5, 5.41) is 10.8. The highest BCUT2D eigenvalue weighted by molar-refractivity contribution is 7.99. The number of nitrogens with one attached hydrogen (secondary N) is 1. The zero-order chi connectivity index (χ0) is 14.2. The fraction of sp³-hybridized carbons (Fsp3) is 0.214. The van der Waals surface area contributed by atoms with Crippen molar-refractivity contribution in [3.63, 3.8) is 0 Å². The van der Waals surface area contributed by atoms with Crippen LogP contribution in [0.4, 0.5) is 0 Å². The Morgan fingerprint density at radius 3 is 3.05 bits per heavy atom. The SMILES string of the molecule is N#Cc1cc2c(nc1Sc1ncnc3nc[nH]c13)CCC2. The third kappa shape index (κ3) is 2.04. The molecule has 0 fully saturated rings. The van der Waals surface area contributed by atoms with Crippen LogP contribution in [0, 0.1) is 11.3 Å². The van der Waals surface area contributed by atoms with Crippen LogP contribution in [0.5, 0.6) is 0 Å². The van der Waals surface area contributed by atoms with Crippen molar-refractivity contribution in [2.45, 2.75) is 29.3 Å². The molecule has 0 atom stereocenters. The lowest BCUT2D eigenvalue weighted by atomic mass is 10.2. The van der Waals surface area contributed by atoms with Crippen LogP contribution in [0.1, 0.15) is 23.2 Å². The number of aryl methyl sites for hydroxylation is 2. The van der Waals surface area contributed by atoms with Gasteiger partial charge in [-0.25, -0.2) is 19.9 Å². The summed E-state index contributed by atoms with van der Waals surface area (Å²) in [4.78, 5) is 20.2. The molecular formula is C14H10N6S. The van der Waals surface area contributed by atoms with Gasteiger partial charge in [-0.2, -0.15) is 5.26 Å². The molecule has 3 aromatic heterocycles. The van der Waals surface area contributed by atoms with Crippen molar-refractivity contribution in [1.82, 2.24) is 24.9 Å². The number of hydrogen-bond donors (Lipinski definition) is 1. The Hall–Kier alpha value is -2.46. The normalized spacial score (nSPS) is 13.3. The number of nitriles is 1. The molecule has 3 aromatic rings. The summed E-state index contributed by atoms with van der Waals surface area (Å²) in [7, 11) is 0. The van der Waals surface area contributed by atoms with Gasteiger partial charge in [0.2, 0.25) is 0 Å². The van der Waals surface area contributed by atoms with Gasteiger partial charge >= 0.3 is 0 Å². The maximum atomic E-state index is 9.34. The molecule has 21 heavy (non-hydrogen) atoms. The second-order valence-electron chi connectivity index (χ2n) is 4.79. The summed E-state index contributed by atoms with van der Waals surface area (Å²) in [5.41, 5.74) is 4.30. The molecule has 0 unspecified atom stereocenters. The number of imidazole rings is 1. The first-order valence-electron chi connectivity index (χ1n) is 6.60. The first-order valence-corrected chi connectivity index (χ1v) is 7.41. The van der Waals surface area contributed by atoms with Crippen LogP contribution in [-0.2, 0) is 12.8 Å². The molecule has 6 nitrogen and oxygen atoms in total. The summed E-state index contributed by atoms with van der Waals surface area (Å²) in [5.74, 6) is 0. The predicted molar refractivity (Wildman–Crippen MR) is 76.8 cm³/mol. The van der Waals surface area contributed by atoms with E-state index in [4.69, 9.17) is 0 Å². The van der Waals surface area contributed by atoms with E-state index in [2.05, 4.69) is 31.0 Å². The minimum atomic E-state index is 0.604. The standard InChI is InChI=1S/C14H10N6S/c15-5-9-4-8-2-1-3-10(8)20-13(9)21-14-11-12(17-6-16-11)18-7-19-14/h4,6-7H,1-3H2,(H,16,17,18,19). The number of aromatic nitrogens is 5. The van der Waals surface area contributed by atoms with Crippen molar-refractivity contribution < 1.29 is 0 Å². The lowest BCUT2D eigenvalue weighted by Crippen LogP contribution is -1.96. The highest BCUT2D eigenvalue weighted by Crippen LogP contribution is 2.33. The molecule has 1 N–H and O–H groups in total. The summed E-state index contributed by atoms with van der Waals surface area (Å²) in [6.45, 7) is 0. The summed E-state index contributed by atoms with van der Waals surface area (Å²) in [6.07, 6.45) is 6.17. The molecule has 1 aliphatic rings. The Balaban J connectivity index is 1.81. The molecule has 0 saturated heterocycles. The second-order valence-corrected chi connectivity index (χ2v) is 5.77. The minimum Gasteiger partial charge on any atom is -0.341 e. The summed E-state index contributed by atoms with van der Waals surface area (Å²) < 4.78 is 0. The third-order valence-corrected chi connectivity index (χ3v) is 4.53. The van der Waals surface area contributed by atoms with Gasteiger partial charge < -0.3 is 4.98 Å². The van der Waals surface area contributed by atoms with E-state index in [0.717, 1.165) is 35.5 Å². The highest BCUT2D eigenvalue weighted by Gasteiger charge is 2.18. The van der Waals surface area contributed by atoms with Crippen LogP contribution in [0.3, 0.4) is 0 Å². The largest absolute Gasteiger partial charge is 0.341 e. The average molecular weight is 294 g/mol. The molecule has 102 valence electrons. The van der Waals surface area contributed by atoms with Gasteiger partial charge in [0.05, 0.1) is 11.9 Å². The second kappa shape index (κ2) is 4.82. The van der Waals surface area contributed by atoms with Gasteiger partial charge in [0.1, 0.15) is 28.0 Å². The molecule has 0 aromatic carbocycles. The average Bonchev–Trinajstić information content (AvgIpc) is 3.15. The predicted octanol–water partition coefficient (Wildman–Crippen LogP) is 2.26. The van der Waals surface area contributed by atoms with Crippen molar-refractivity contribution in [1.29, 1.82) is 5.26 Å². The molecule has 0 aliphatic heterocycles. The fourth-order valence-corrected chi connectivity index (χ4v) is 3.43. The summed E-state index contributed by atoms with van der Waals surface area (Å²) in [6, 6.07) is 4.20. The number of nitrogens with zero attached hydrogens (tertiary/aromatic N) is 5. The first-order chi connectivity index (χ1) is 10.3. The Bertz CT molecular complexity index is 879. The van der Waals surface area contributed by atoms with Crippen molar-refractivity contribution in [2.75, 3.05) is 0 Å². The number of H-pyrrole nitrogens is 1. The van der Waals surface area contributed by atoms with E-state index in [0.29, 0.717) is 16.2 Å². The van der Waals surface area contributed by atoms with Gasteiger partial charge in [-0.05, 0) is 42.7 Å². The third-order valence-electron chi connectivity index (χ3n) is 3.52. The van der Waals surface area contributed by atoms with Crippen molar-refractivity contribution in [3.05, 3.63) is 35.5 Å². The van der Waals surface area contributed by atoms with Crippen molar-refractivity contribution in [2.24, 2.45) is 0 Å². The van der Waals surface area contributed by atoms with E-state index >= 15 is 0 Å². The zero-order valence-electron chi connectivity index (χ0n) is 11.0. The molecule has 0 amide bonds. The minimum absolute atomic E-state index is 0.604. The number of pyridine rings is 1. The molecule has 3 heterocycles. The molecule has 1 aliphatic carbocycles. The van der Waals surface area contributed by atoms with Gasteiger partial charge in [-0.1, -0.05) is 0 Å².